The molecule has 0 fully saturated rings. The molecule has 8 nitrogen and oxygen atoms in total. The van der Waals surface area contributed by atoms with E-state index in [1.807, 2.05) is 6.92 Å². The Morgan fingerprint density at radius 1 is 1.22 bits per heavy atom. The maximum Gasteiger partial charge on any atom is 0.337 e. The molecule has 0 amide bonds. The molecule has 0 spiro atoms. The Morgan fingerprint density at radius 3 is 2.50 bits per heavy atom. The summed E-state index contributed by atoms with van der Waals surface area (Å²) in [6.45, 7) is 7.07. The number of Topliss-reactive ketones (excluding diaryl/α,β-unsaturated/α-hetero) is 1. The third-order valence-corrected chi connectivity index (χ3v) is 5.84. The summed E-state index contributed by atoms with van der Waals surface area (Å²) >= 11 is 0. The van der Waals surface area contributed by atoms with Gasteiger partial charge in [-0.15, -0.1) is 0 Å². The molecule has 32 heavy (non-hydrogen) atoms. The summed E-state index contributed by atoms with van der Waals surface area (Å²) in [6, 6.07) is 4.67. The van der Waals surface area contributed by atoms with Crippen LogP contribution in [0.3, 0.4) is 0 Å². The van der Waals surface area contributed by atoms with Gasteiger partial charge in [0.15, 0.2) is 17.3 Å². The van der Waals surface area contributed by atoms with E-state index < -0.39 is 29.6 Å². The van der Waals surface area contributed by atoms with Gasteiger partial charge in [-0.1, -0.05) is 13.0 Å². The van der Waals surface area contributed by atoms with Gasteiger partial charge >= 0.3 is 11.9 Å². The Labute approximate surface area is 187 Å². The summed E-state index contributed by atoms with van der Waals surface area (Å²) in [5.41, 5.74) is 2.40. The van der Waals surface area contributed by atoms with Crippen molar-refractivity contribution in [3.05, 3.63) is 46.3 Å². The molecule has 1 aliphatic carbocycles. The van der Waals surface area contributed by atoms with Crippen LogP contribution in [0.4, 0.5) is 0 Å². The molecule has 0 saturated carbocycles. The van der Waals surface area contributed by atoms with E-state index in [-0.39, 0.29) is 29.1 Å². The first kappa shape index (κ1) is 23.4. The van der Waals surface area contributed by atoms with Crippen LogP contribution in [0.1, 0.15) is 45.6 Å². The van der Waals surface area contributed by atoms with Gasteiger partial charge in [0.1, 0.15) is 5.92 Å². The van der Waals surface area contributed by atoms with Gasteiger partial charge in [-0.05, 0) is 50.8 Å². The quantitative estimate of drug-likeness (QED) is 0.528. The third-order valence-electron chi connectivity index (χ3n) is 5.84. The van der Waals surface area contributed by atoms with Crippen LogP contribution in [0.15, 0.2) is 40.7 Å². The van der Waals surface area contributed by atoms with Crippen LogP contribution >= 0.6 is 0 Å². The first-order valence-electron chi connectivity index (χ1n) is 10.5. The third kappa shape index (κ3) is 4.09. The van der Waals surface area contributed by atoms with E-state index in [0.29, 0.717) is 29.0 Å². The minimum Gasteiger partial charge on any atom is -0.504 e. The fourth-order valence-corrected chi connectivity index (χ4v) is 4.44. The number of hydrogen-bond acceptors (Lipinski definition) is 8. The van der Waals surface area contributed by atoms with E-state index in [2.05, 4.69) is 5.32 Å². The molecule has 1 aromatic rings. The number of benzene rings is 1. The van der Waals surface area contributed by atoms with Crippen LogP contribution in [0.25, 0.3) is 0 Å². The van der Waals surface area contributed by atoms with Gasteiger partial charge in [0.2, 0.25) is 0 Å². The number of rotatable bonds is 5. The Morgan fingerprint density at radius 2 is 1.91 bits per heavy atom. The summed E-state index contributed by atoms with van der Waals surface area (Å²) in [7, 11) is 2.67. The molecule has 0 bridgehead atoms. The van der Waals surface area contributed by atoms with E-state index in [1.165, 1.54) is 20.3 Å². The van der Waals surface area contributed by atoms with Crippen molar-refractivity contribution in [2.75, 3.05) is 14.2 Å². The largest absolute Gasteiger partial charge is 0.504 e. The molecule has 2 aliphatic rings. The van der Waals surface area contributed by atoms with Crippen molar-refractivity contribution in [3.63, 3.8) is 0 Å². The molecule has 0 aromatic heterocycles. The highest BCUT2D eigenvalue weighted by atomic mass is 16.5. The van der Waals surface area contributed by atoms with Crippen LogP contribution in [-0.4, -0.2) is 43.2 Å². The molecule has 8 heteroatoms. The zero-order chi connectivity index (χ0) is 23.7. The highest BCUT2D eigenvalue weighted by molar-refractivity contribution is 6.12. The Kier molecular flexibility index (Phi) is 6.62. The SMILES string of the molecule is COC(=O)[C@H]1C(=O)C2=C(C[C@H]1C)NC(C)=C(C(=O)OC(C)C)[C@H]2c1ccc(O)c(OC)c1. The predicted molar refractivity (Wildman–Crippen MR) is 116 cm³/mol. The summed E-state index contributed by atoms with van der Waals surface area (Å²) in [5.74, 6) is -3.45. The molecule has 3 atom stereocenters. The average Bonchev–Trinajstić information content (AvgIpc) is 2.72. The number of nitrogens with one attached hydrogen (secondary N) is 1. The Balaban J connectivity index is 2.22. The number of methoxy groups -OCH3 is 2. The second-order valence-corrected chi connectivity index (χ2v) is 8.42. The number of ether oxygens (including phenoxy) is 3. The van der Waals surface area contributed by atoms with Gasteiger partial charge in [0.05, 0.1) is 25.9 Å². The van der Waals surface area contributed by atoms with E-state index in [9.17, 15) is 19.5 Å². The predicted octanol–water partition coefficient (Wildman–Crippen LogP) is 2.97. The summed E-state index contributed by atoms with van der Waals surface area (Å²) in [5, 5.41) is 13.3. The van der Waals surface area contributed by atoms with E-state index in [1.54, 1.807) is 32.9 Å². The molecule has 172 valence electrons. The van der Waals surface area contributed by atoms with Crippen LogP contribution in [0.5, 0.6) is 11.5 Å². The number of hydrogen-bond donors (Lipinski definition) is 2. The number of esters is 2. The molecular formula is C24H29NO7. The first-order valence-corrected chi connectivity index (χ1v) is 10.5. The number of carbonyl (C=O) groups excluding carboxylic acids is 3. The lowest BCUT2D eigenvalue weighted by Crippen LogP contribution is -2.43. The second kappa shape index (κ2) is 9.06. The molecule has 1 aliphatic heterocycles. The van der Waals surface area contributed by atoms with Gasteiger partial charge in [-0.2, -0.15) is 0 Å². The minimum absolute atomic E-state index is 0.0672. The lowest BCUT2D eigenvalue weighted by atomic mass is 9.69. The molecule has 0 unspecified atom stereocenters. The second-order valence-electron chi connectivity index (χ2n) is 8.42. The standard InChI is InChI=1S/C24H29NO7/c1-11(2)32-24(29)19-13(4)25-15-9-12(3)18(23(28)31-6)22(27)21(15)20(19)14-7-8-16(26)17(10-14)30-5/h7-8,10-12,18,20,25-26H,9H2,1-6H3/t12-,18-,20-/m1/s1. The highest BCUT2D eigenvalue weighted by Gasteiger charge is 2.47. The fraction of sp³-hybridized carbons (Fsp3) is 0.458. The number of phenols is 1. The van der Waals surface area contributed by atoms with Crippen molar-refractivity contribution in [2.45, 2.75) is 46.1 Å². The molecule has 1 aromatic carbocycles. The van der Waals surface area contributed by atoms with Crippen LogP contribution in [-0.2, 0) is 23.9 Å². The van der Waals surface area contributed by atoms with E-state index >= 15 is 0 Å². The number of carbonyl (C=O) groups is 3. The molecular weight excluding hydrogens is 414 g/mol. The van der Waals surface area contributed by atoms with E-state index in [0.717, 1.165) is 0 Å². The number of dihydropyridines is 1. The lowest BCUT2D eigenvalue weighted by molar-refractivity contribution is -0.151. The van der Waals surface area contributed by atoms with Crippen molar-refractivity contribution < 1.29 is 33.7 Å². The van der Waals surface area contributed by atoms with Gasteiger partial charge < -0.3 is 24.6 Å². The van der Waals surface area contributed by atoms with E-state index in [4.69, 9.17) is 14.2 Å². The monoisotopic (exact) mass is 443 g/mol. The Hall–Kier alpha value is -3.29. The van der Waals surface area contributed by atoms with Crippen molar-refractivity contribution in [1.82, 2.24) is 5.32 Å². The van der Waals surface area contributed by atoms with Gasteiger partial charge in [-0.3, -0.25) is 9.59 Å². The summed E-state index contributed by atoms with van der Waals surface area (Å²) in [6.07, 6.45) is 0.0780. The molecule has 3 rings (SSSR count). The molecule has 0 radical (unpaired) electrons. The smallest absolute Gasteiger partial charge is 0.337 e. The Bertz CT molecular complexity index is 1020. The van der Waals surface area contributed by atoms with Crippen molar-refractivity contribution in [3.8, 4) is 11.5 Å². The highest BCUT2D eigenvalue weighted by Crippen LogP contribution is 2.46. The van der Waals surface area contributed by atoms with Crippen molar-refractivity contribution in [2.24, 2.45) is 11.8 Å². The normalized spacial score (nSPS) is 23.0. The average molecular weight is 443 g/mol. The van der Waals surface area contributed by atoms with Crippen molar-refractivity contribution in [1.29, 1.82) is 0 Å². The van der Waals surface area contributed by atoms with Gasteiger partial charge in [0, 0.05) is 22.9 Å². The lowest BCUT2D eigenvalue weighted by Gasteiger charge is -2.38. The molecule has 1 heterocycles. The molecule has 0 saturated heterocycles. The topological polar surface area (TPSA) is 111 Å². The summed E-state index contributed by atoms with van der Waals surface area (Å²) in [4.78, 5) is 39.2. The number of allylic oxidation sites excluding steroid dienone is 3. The van der Waals surface area contributed by atoms with Gasteiger partial charge in [0.25, 0.3) is 0 Å². The zero-order valence-corrected chi connectivity index (χ0v) is 19.1. The number of phenolic OH excluding ortho intramolecular Hbond substituents is 1. The van der Waals surface area contributed by atoms with Crippen LogP contribution < -0.4 is 10.1 Å². The van der Waals surface area contributed by atoms with Crippen LogP contribution in [0, 0.1) is 11.8 Å². The van der Waals surface area contributed by atoms with Gasteiger partial charge in [-0.25, -0.2) is 4.79 Å². The first-order chi connectivity index (χ1) is 15.1. The number of ketones is 1. The summed E-state index contributed by atoms with van der Waals surface area (Å²) < 4.78 is 15.6. The maximum absolute atomic E-state index is 13.6. The fourth-order valence-electron chi connectivity index (χ4n) is 4.44. The maximum atomic E-state index is 13.6. The van der Waals surface area contributed by atoms with Crippen molar-refractivity contribution >= 4 is 17.7 Å². The minimum atomic E-state index is -0.970. The zero-order valence-electron chi connectivity index (χ0n) is 19.1. The number of aromatic hydroxyl groups is 1. The molecule has 2 N–H and O–H groups in total. The van der Waals surface area contributed by atoms with Crippen LogP contribution in [0.2, 0.25) is 0 Å².